The van der Waals surface area contributed by atoms with E-state index in [0.29, 0.717) is 9.73 Å². The number of halogens is 4. The van der Waals surface area contributed by atoms with Gasteiger partial charge in [-0.25, -0.2) is 4.98 Å². The molecule has 0 spiro atoms. The van der Waals surface area contributed by atoms with E-state index in [-0.39, 0.29) is 0 Å². The lowest BCUT2D eigenvalue weighted by Crippen LogP contribution is -2.30. The molecule has 0 N–H and O–H groups in total. The van der Waals surface area contributed by atoms with Crippen LogP contribution in [0.3, 0.4) is 0 Å². The maximum Gasteiger partial charge on any atom is 0.405 e. The third kappa shape index (κ3) is 3.51. The van der Waals surface area contributed by atoms with Crippen molar-refractivity contribution in [3.05, 3.63) is 9.98 Å². The Labute approximate surface area is 85.5 Å². The molecule has 0 atom stereocenters. The lowest BCUT2D eigenvalue weighted by Gasteiger charge is -2.17. The van der Waals surface area contributed by atoms with Crippen LogP contribution in [0.25, 0.3) is 0 Å². The molecule has 0 amide bonds. The first-order chi connectivity index (χ1) is 5.88. The minimum absolute atomic E-state index is 0.351. The SMILES string of the molecule is CN(CC(F)(F)F)c1nc(Br)cs1. The summed E-state index contributed by atoms with van der Waals surface area (Å²) >= 11 is 4.24. The van der Waals surface area contributed by atoms with Crippen LogP contribution in [0.1, 0.15) is 0 Å². The van der Waals surface area contributed by atoms with Gasteiger partial charge in [-0.2, -0.15) is 13.2 Å². The molecule has 0 saturated heterocycles. The van der Waals surface area contributed by atoms with Gasteiger partial charge in [0, 0.05) is 12.4 Å². The zero-order valence-corrected chi connectivity index (χ0v) is 9.00. The van der Waals surface area contributed by atoms with Crippen molar-refractivity contribution in [1.82, 2.24) is 4.98 Å². The van der Waals surface area contributed by atoms with Crippen LogP contribution in [0.5, 0.6) is 0 Å². The van der Waals surface area contributed by atoms with Crippen molar-refractivity contribution < 1.29 is 13.2 Å². The fraction of sp³-hybridized carbons (Fsp3) is 0.500. The summed E-state index contributed by atoms with van der Waals surface area (Å²) in [7, 11) is 1.36. The largest absolute Gasteiger partial charge is 0.405 e. The van der Waals surface area contributed by atoms with Crippen LogP contribution in [0.2, 0.25) is 0 Å². The van der Waals surface area contributed by atoms with E-state index in [0.717, 1.165) is 4.90 Å². The van der Waals surface area contributed by atoms with Crippen molar-refractivity contribution in [2.24, 2.45) is 0 Å². The summed E-state index contributed by atoms with van der Waals surface area (Å²) < 4.78 is 36.3. The summed E-state index contributed by atoms with van der Waals surface area (Å²) in [6.07, 6.45) is -4.19. The van der Waals surface area contributed by atoms with Gasteiger partial charge in [-0.15, -0.1) is 11.3 Å². The Morgan fingerprint density at radius 1 is 1.62 bits per heavy atom. The van der Waals surface area contributed by atoms with Crippen LogP contribution in [0.15, 0.2) is 9.98 Å². The molecule has 1 aromatic heterocycles. The summed E-state index contributed by atoms with van der Waals surface area (Å²) in [5, 5.41) is 1.99. The number of hydrogen-bond donors (Lipinski definition) is 0. The van der Waals surface area contributed by atoms with Crippen molar-refractivity contribution in [2.45, 2.75) is 6.18 Å². The van der Waals surface area contributed by atoms with Crippen LogP contribution >= 0.6 is 27.3 Å². The van der Waals surface area contributed by atoms with Gasteiger partial charge in [-0.3, -0.25) is 0 Å². The zero-order valence-electron chi connectivity index (χ0n) is 6.60. The van der Waals surface area contributed by atoms with E-state index in [1.54, 1.807) is 5.38 Å². The second-order valence-corrected chi connectivity index (χ2v) is 4.07. The van der Waals surface area contributed by atoms with Gasteiger partial charge < -0.3 is 4.90 Å². The molecular formula is C6H6BrF3N2S. The van der Waals surface area contributed by atoms with Gasteiger partial charge in [-0.05, 0) is 15.9 Å². The fourth-order valence-corrected chi connectivity index (χ4v) is 1.97. The molecule has 74 valence electrons. The predicted molar refractivity (Wildman–Crippen MR) is 49.1 cm³/mol. The van der Waals surface area contributed by atoms with Gasteiger partial charge >= 0.3 is 6.18 Å². The molecule has 0 aromatic carbocycles. The van der Waals surface area contributed by atoms with Crippen LogP contribution in [-0.4, -0.2) is 24.8 Å². The molecule has 0 unspecified atom stereocenters. The van der Waals surface area contributed by atoms with Crippen molar-refractivity contribution in [1.29, 1.82) is 0 Å². The molecule has 1 heterocycles. The molecule has 0 aliphatic carbocycles. The molecule has 1 rings (SSSR count). The molecular weight excluding hydrogens is 269 g/mol. The summed E-state index contributed by atoms with van der Waals surface area (Å²) in [4.78, 5) is 4.92. The lowest BCUT2D eigenvalue weighted by atomic mass is 10.6. The van der Waals surface area contributed by atoms with Gasteiger partial charge in [-0.1, -0.05) is 0 Å². The summed E-state index contributed by atoms with van der Waals surface area (Å²) in [6.45, 7) is -0.979. The Kier molecular flexibility index (Phi) is 3.18. The number of anilines is 1. The highest BCUT2D eigenvalue weighted by Gasteiger charge is 2.30. The van der Waals surface area contributed by atoms with Gasteiger partial charge in [0.25, 0.3) is 0 Å². The minimum atomic E-state index is -4.19. The summed E-state index contributed by atoms with van der Waals surface area (Å²) in [5.41, 5.74) is 0. The normalized spacial score (nSPS) is 11.8. The van der Waals surface area contributed by atoms with Crippen molar-refractivity contribution >= 4 is 32.4 Å². The number of rotatable bonds is 2. The Morgan fingerprint density at radius 3 is 2.62 bits per heavy atom. The summed E-state index contributed by atoms with van der Waals surface area (Å²) in [5.74, 6) is 0. The van der Waals surface area contributed by atoms with E-state index < -0.39 is 12.7 Å². The summed E-state index contributed by atoms with van der Waals surface area (Å²) in [6, 6.07) is 0. The van der Waals surface area contributed by atoms with Crippen molar-refractivity contribution in [3.8, 4) is 0 Å². The van der Waals surface area contributed by atoms with Crippen LogP contribution in [0, 0.1) is 0 Å². The Morgan fingerprint density at radius 2 is 2.23 bits per heavy atom. The fourth-order valence-electron chi connectivity index (χ4n) is 0.757. The molecule has 0 saturated carbocycles. The molecule has 0 bridgehead atoms. The first kappa shape index (κ1) is 10.8. The Bertz CT molecular complexity index is 286. The molecule has 0 aliphatic rings. The van der Waals surface area contributed by atoms with E-state index in [2.05, 4.69) is 20.9 Å². The van der Waals surface area contributed by atoms with Gasteiger partial charge in [0.15, 0.2) is 5.13 Å². The second kappa shape index (κ2) is 3.83. The van der Waals surface area contributed by atoms with E-state index in [4.69, 9.17) is 0 Å². The quantitative estimate of drug-likeness (QED) is 0.825. The highest BCUT2D eigenvalue weighted by Crippen LogP contribution is 2.25. The monoisotopic (exact) mass is 274 g/mol. The molecule has 7 heteroatoms. The average Bonchev–Trinajstić information content (AvgIpc) is 2.31. The molecule has 13 heavy (non-hydrogen) atoms. The standard InChI is InChI=1S/C6H6BrF3N2S/c1-12(3-6(8,9)10)5-11-4(7)2-13-5/h2H,3H2,1H3. The molecule has 0 aliphatic heterocycles. The van der Waals surface area contributed by atoms with Gasteiger partial charge in [0.05, 0.1) is 0 Å². The minimum Gasteiger partial charge on any atom is -0.342 e. The topological polar surface area (TPSA) is 16.1 Å². The van der Waals surface area contributed by atoms with Crippen LogP contribution in [-0.2, 0) is 0 Å². The van der Waals surface area contributed by atoms with Gasteiger partial charge in [0.1, 0.15) is 11.1 Å². The Hall–Kier alpha value is -0.300. The van der Waals surface area contributed by atoms with E-state index in [1.165, 1.54) is 18.4 Å². The first-order valence-corrected chi connectivity index (χ1v) is 4.94. The number of alkyl halides is 3. The van der Waals surface area contributed by atoms with Crippen molar-refractivity contribution in [2.75, 3.05) is 18.5 Å². The maximum atomic E-state index is 11.9. The molecule has 0 radical (unpaired) electrons. The Balaban J connectivity index is 2.64. The van der Waals surface area contributed by atoms with Crippen molar-refractivity contribution in [3.63, 3.8) is 0 Å². The number of nitrogens with zero attached hydrogens (tertiary/aromatic N) is 2. The number of thiazole rings is 1. The highest BCUT2D eigenvalue weighted by atomic mass is 79.9. The maximum absolute atomic E-state index is 11.9. The zero-order chi connectivity index (χ0) is 10.1. The van der Waals surface area contributed by atoms with E-state index in [9.17, 15) is 13.2 Å². The third-order valence-electron chi connectivity index (χ3n) is 1.21. The average molecular weight is 275 g/mol. The molecule has 1 aromatic rings. The third-order valence-corrected chi connectivity index (χ3v) is 2.87. The highest BCUT2D eigenvalue weighted by molar-refractivity contribution is 9.10. The lowest BCUT2D eigenvalue weighted by molar-refractivity contribution is -0.119. The van der Waals surface area contributed by atoms with E-state index in [1.807, 2.05) is 0 Å². The first-order valence-electron chi connectivity index (χ1n) is 3.27. The number of aromatic nitrogens is 1. The second-order valence-electron chi connectivity index (χ2n) is 2.42. The molecule has 0 fully saturated rings. The van der Waals surface area contributed by atoms with Crippen LogP contribution in [0.4, 0.5) is 18.3 Å². The predicted octanol–water partition coefficient (Wildman–Crippen LogP) is 2.90. The smallest absolute Gasteiger partial charge is 0.342 e. The number of hydrogen-bond acceptors (Lipinski definition) is 3. The van der Waals surface area contributed by atoms with E-state index >= 15 is 0 Å². The molecule has 2 nitrogen and oxygen atoms in total. The van der Waals surface area contributed by atoms with Gasteiger partial charge in [0.2, 0.25) is 0 Å². The van der Waals surface area contributed by atoms with Crippen LogP contribution < -0.4 is 4.90 Å².